The van der Waals surface area contributed by atoms with Crippen molar-refractivity contribution < 1.29 is 0 Å². The van der Waals surface area contributed by atoms with Gasteiger partial charge in [-0.05, 0) is 25.3 Å². The van der Waals surface area contributed by atoms with E-state index < -0.39 is 0 Å². The van der Waals surface area contributed by atoms with Crippen molar-refractivity contribution in [3.8, 4) is 0 Å². The van der Waals surface area contributed by atoms with Gasteiger partial charge in [-0.15, -0.1) is 0 Å². The molecule has 0 aromatic heterocycles. The van der Waals surface area contributed by atoms with Crippen LogP contribution in [0.5, 0.6) is 0 Å². The Labute approximate surface area is 97.0 Å². The van der Waals surface area contributed by atoms with Crippen LogP contribution in [0.3, 0.4) is 0 Å². The number of hydrogen-bond acceptors (Lipinski definition) is 1. The molecule has 2 atom stereocenters. The molecule has 15 heavy (non-hydrogen) atoms. The summed E-state index contributed by atoms with van der Waals surface area (Å²) < 4.78 is 0. The lowest BCUT2D eigenvalue weighted by molar-refractivity contribution is 0.235. The van der Waals surface area contributed by atoms with E-state index in [1.165, 1.54) is 38.5 Å². The van der Waals surface area contributed by atoms with E-state index in [9.17, 15) is 0 Å². The summed E-state index contributed by atoms with van der Waals surface area (Å²) in [7, 11) is 2.14. The molecule has 0 fully saturated rings. The highest BCUT2D eigenvalue weighted by Gasteiger charge is 2.24. The molecule has 0 radical (unpaired) electrons. The van der Waals surface area contributed by atoms with Crippen molar-refractivity contribution >= 4 is 0 Å². The molecule has 0 saturated carbocycles. The summed E-state index contributed by atoms with van der Waals surface area (Å²) in [5.41, 5.74) is 0. The topological polar surface area (TPSA) is 12.0 Å². The van der Waals surface area contributed by atoms with E-state index in [-0.39, 0.29) is 0 Å². The van der Waals surface area contributed by atoms with Crippen molar-refractivity contribution in [1.82, 2.24) is 5.32 Å². The largest absolute Gasteiger partial charge is 0.316 e. The van der Waals surface area contributed by atoms with Gasteiger partial charge in [-0.3, -0.25) is 0 Å². The first-order valence-corrected chi connectivity index (χ1v) is 6.92. The summed E-state index contributed by atoms with van der Waals surface area (Å²) in [5, 5.41) is 3.56. The lowest BCUT2D eigenvalue weighted by Crippen LogP contribution is -2.39. The van der Waals surface area contributed by atoms with Crippen molar-refractivity contribution in [2.24, 2.45) is 11.8 Å². The van der Waals surface area contributed by atoms with Crippen LogP contribution in [0.25, 0.3) is 0 Å². The number of rotatable bonds is 9. The summed E-state index contributed by atoms with van der Waals surface area (Å²) in [6.07, 6.45) is 8.05. The summed E-state index contributed by atoms with van der Waals surface area (Å²) in [5.74, 6) is 1.73. The third-order valence-electron chi connectivity index (χ3n) is 3.85. The van der Waals surface area contributed by atoms with Gasteiger partial charge in [-0.25, -0.2) is 0 Å². The van der Waals surface area contributed by atoms with E-state index in [4.69, 9.17) is 0 Å². The summed E-state index contributed by atoms with van der Waals surface area (Å²) >= 11 is 0. The average molecular weight is 213 g/mol. The summed E-state index contributed by atoms with van der Waals surface area (Å²) in [4.78, 5) is 0. The van der Waals surface area contributed by atoms with Crippen LogP contribution in [-0.4, -0.2) is 13.1 Å². The molecule has 1 N–H and O–H groups in total. The molecule has 92 valence electrons. The fourth-order valence-electron chi connectivity index (χ4n) is 2.76. The minimum Gasteiger partial charge on any atom is -0.316 e. The lowest BCUT2D eigenvalue weighted by atomic mass is 9.81. The predicted molar refractivity (Wildman–Crippen MR) is 70.2 cm³/mol. The van der Waals surface area contributed by atoms with E-state index in [2.05, 4.69) is 40.1 Å². The van der Waals surface area contributed by atoms with Crippen LogP contribution in [0.1, 0.15) is 66.2 Å². The second-order valence-electron chi connectivity index (χ2n) is 4.70. The van der Waals surface area contributed by atoms with Crippen LogP contribution < -0.4 is 5.32 Å². The first-order valence-electron chi connectivity index (χ1n) is 6.92. The molecule has 0 amide bonds. The third kappa shape index (κ3) is 5.01. The summed E-state index contributed by atoms with van der Waals surface area (Å²) in [6.45, 7) is 9.28. The fourth-order valence-corrected chi connectivity index (χ4v) is 2.76. The molecule has 0 aromatic carbocycles. The van der Waals surface area contributed by atoms with Gasteiger partial charge in [0.15, 0.2) is 0 Å². The Morgan fingerprint density at radius 2 is 1.40 bits per heavy atom. The van der Waals surface area contributed by atoms with Gasteiger partial charge in [0.25, 0.3) is 0 Å². The first-order chi connectivity index (χ1) is 7.24. The average Bonchev–Trinajstić information content (AvgIpc) is 2.28. The Kier molecular flexibility index (Phi) is 9.18. The number of hydrogen-bond donors (Lipinski definition) is 1. The van der Waals surface area contributed by atoms with Gasteiger partial charge in [0.05, 0.1) is 0 Å². The van der Waals surface area contributed by atoms with Crippen molar-refractivity contribution in [2.75, 3.05) is 7.05 Å². The molecule has 0 spiro atoms. The standard InChI is InChI=1S/C14H31N/c1-6-10-11-13(9-4)14(15-5)12(7-2)8-3/h12-15H,6-11H2,1-5H3. The maximum atomic E-state index is 3.56. The molecule has 0 bridgehead atoms. The van der Waals surface area contributed by atoms with Gasteiger partial charge in [0, 0.05) is 6.04 Å². The summed E-state index contributed by atoms with van der Waals surface area (Å²) in [6, 6.07) is 0.733. The van der Waals surface area contributed by atoms with E-state index in [1.54, 1.807) is 0 Å². The molecule has 2 unspecified atom stereocenters. The molecule has 0 aliphatic carbocycles. The molecule has 0 aliphatic heterocycles. The van der Waals surface area contributed by atoms with Crippen LogP contribution in [0.2, 0.25) is 0 Å². The van der Waals surface area contributed by atoms with Crippen molar-refractivity contribution in [3.63, 3.8) is 0 Å². The van der Waals surface area contributed by atoms with Crippen molar-refractivity contribution in [1.29, 1.82) is 0 Å². The van der Waals surface area contributed by atoms with Crippen LogP contribution in [-0.2, 0) is 0 Å². The highest BCUT2D eigenvalue weighted by Crippen LogP contribution is 2.25. The smallest absolute Gasteiger partial charge is 0.0120 e. The van der Waals surface area contributed by atoms with E-state index >= 15 is 0 Å². The Morgan fingerprint density at radius 3 is 1.73 bits per heavy atom. The SMILES string of the molecule is CCCCC(CC)C(NC)C(CC)CC. The molecule has 0 aromatic rings. The molecule has 1 nitrogen and oxygen atoms in total. The number of unbranched alkanes of at least 4 members (excludes halogenated alkanes) is 1. The minimum absolute atomic E-state index is 0.733. The van der Waals surface area contributed by atoms with Gasteiger partial charge in [0.2, 0.25) is 0 Å². The fraction of sp³-hybridized carbons (Fsp3) is 1.00. The Balaban J connectivity index is 4.29. The highest BCUT2D eigenvalue weighted by molar-refractivity contribution is 4.80. The molecular weight excluding hydrogens is 182 g/mol. The van der Waals surface area contributed by atoms with Gasteiger partial charge in [0.1, 0.15) is 0 Å². The Hall–Kier alpha value is -0.0400. The lowest BCUT2D eigenvalue weighted by Gasteiger charge is -2.32. The van der Waals surface area contributed by atoms with Gasteiger partial charge in [-0.1, -0.05) is 59.8 Å². The zero-order valence-corrected chi connectivity index (χ0v) is 11.5. The highest BCUT2D eigenvalue weighted by atomic mass is 14.9. The predicted octanol–water partition coefficient (Wildman–Crippen LogP) is 4.23. The monoisotopic (exact) mass is 213 g/mol. The second-order valence-corrected chi connectivity index (χ2v) is 4.70. The molecule has 1 heteroatoms. The second kappa shape index (κ2) is 9.21. The molecule has 0 saturated heterocycles. The molecule has 0 heterocycles. The van der Waals surface area contributed by atoms with Crippen molar-refractivity contribution in [3.05, 3.63) is 0 Å². The van der Waals surface area contributed by atoms with Gasteiger partial charge in [-0.2, -0.15) is 0 Å². The third-order valence-corrected chi connectivity index (χ3v) is 3.85. The Morgan fingerprint density at radius 1 is 0.867 bits per heavy atom. The van der Waals surface area contributed by atoms with Crippen LogP contribution in [0, 0.1) is 11.8 Å². The van der Waals surface area contributed by atoms with Gasteiger partial charge >= 0.3 is 0 Å². The first kappa shape index (κ1) is 15.0. The number of nitrogens with one attached hydrogen (secondary N) is 1. The van der Waals surface area contributed by atoms with Crippen LogP contribution in [0.15, 0.2) is 0 Å². The van der Waals surface area contributed by atoms with E-state index in [0.29, 0.717) is 0 Å². The molecule has 0 aliphatic rings. The maximum Gasteiger partial charge on any atom is 0.0120 e. The van der Waals surface area contributed by atoms with Crippen molar-refractivity contribution in [2.45, 2.75) is 72.3 Å². The van der Waals surface area contributed by atoms with E-state index in [1.807, 2.05) is 0 Å². The zero-order valence-electron chi connectivity index (χ0n) is 11.5. The molecular formula is C14H31N. The zero-order chi connectivity index (χ0) is 11.7. The van der Waals surface area contributed by atoms with Crippen LogP contribution in [0.4, 0.5) is 0 Å². The van der Waals surface area contributed by atoms with E-state index in [0.717, 1.165) is 17.9 Å². The van der Waals surface area contributed by atoms with Crippen LogP contribution >= 0.6 is 0 Å². The normalized spacial score (nSPS) is 15.6. The van der Waals surface area contributed by atoms with Gasteiger partial charge < -0.3 is 5.32 Å². The Bertz CT molecular complexity index is 129. The quantitative estimate of drug-likeness (QED) is 0.604. The minimum atomic E-state index is 0.733. The molecule has 0 rings (SSSR count). The maximum absolute atomic E-state index is 3.56.